The Morgan fingerprint density at radius 1 is 0.594 bits per heavy atom. The molecule has 0 fully saturated rings. The van der Waals surface area contributed by atoms with Crippen LogP contribution in [0.4, 0.5) is 17.8 Å². The van der Waals surface area contributed by atoms with Gasteiger partial charge in [0.25, 0.3) is 0 Å². The van der Waals surface area contributed by atoms with Gasteiger partial charge in [0.2, 0.25) is 17.8 Å². The SMILES string of the molecule is NCCOCCOCCNc1nc(NCc2ccccc2)nc(NCc2ccccc2)n1. The molecule has 0 spiro atoms. The highest BCUT2D eigenvalue weighted by atomic mass is 16.5. The van der Waals surface area contributed by atoms with Gasteiger partial charge in [-0.25, -0.2) is 0 Å². The van der Waals surface area contributed by atoms with E-state index >= 15 is 0 Å². The van der Waals surface area contributed by atoms with Crippen LogP contribution in [-0.2, 0) is 22.6 Å². The van der Waals surface area contributed by atoms with Gasteiger partial charge in [0, 0.05) is 26.2 Å². The van der Waals surface area contributed by atoms with E-state index in [0.29, 0.717) is 70.5 Å². The summed E-state index contributed by atoms with van der Waals surface area (Å²) in [6.45, 7) is 4.43. The Morgan fingerprint density at radius 2 is 1.06 bits per heavy atom. The van der Waals surface area contributed by atoms with E-state index < -0.39 is 0 Å². The molecule has 0 bridgehead atoms. The van der Waals surface area contributed by atoms with E-state index in [0.717, 1.165) is 11.1 Å². The lowest BCUT2D eigenvalue weighted by molar-refractivity contribution is 0.0547. The maximum Gasteiger partial charge on any atom is 0.229 e. The molecule has 0 unspecified atom stereocenters. The van der Waals surface area contributed by atoms with Gasteiger partial charge < -0.3 is 31.2 Å². The lowest BCUT2D eigenvalue weighted by Crippen LogP contribution is -2.17. The van der Waals surface area contributed by atoms with Crippen LogP contribution in [0.1, 0.15) is 11.1 Å². The van der Waals surface area contributed by atoms with Crippen LogP contribution >= 0.6 is 0 Å². The van der Waals surface area contributed by atoms with Gasteiger partial charge in [-0.15, -0.1) is 0 Å². The molecule has 0 radical (unpaired) electrons. The highest BCUT2D eigenvalue weighted by Gasteiger charge is 2.07. The van der Waals surface area contributed by atoms with Gasteiger partial charge in [0.15, 0.2) is 0 Å². The van der Waals surface area contributed by atoms with Gasteiger partial charge in [-0.3, -0.25) is 0 Å². The van der Waals surface area contributed by atoms with Crippen molar-refractivity contribution >= 4 is 17.8 Å². The van der Waals surface area contributed by atoms with Crippen molar-refractivity contribution in [3.63, 3.8) is 0 Å². The minimum Gasteiger partial charge on any atom is -0.378 e. The number of hydrogen-bond donors (Lipinski definition) is 4. The molecule has 0 aliphatic heterocycles. The van der Waals surface area contributed by atoms with E-state index in [1.165, 1.54) is 0 Å². The van der Waals surface area contributed by atoms with Gasteiger partial charge in [-0.05, 0) is 11.1 Å². The van der Waals surface area contributed by atoms with E-state index in [2.05, 4.69) is 55.2 Å². The Hall–Kier alpha value is -3.27. The molecule has 3 aromatic rings. The second-order valence-corrected chi connectivity index (χ2v) is 6.92. The number of hydrogen-bond acceptors (Lipinski definition) is 9. The number of nitrogens with two attached hydrogens (primary N) is 1. The minimum atomic E-state index is 0.481. The third-order valence-corrected chi connectivity index (χ3v) is 4.39. The summed E-state index contributed by atoms with van der Waals surface area (Å²) in [6.07, 6.45) is 0. The number of ether oxygens (including phenoxy) is 2. The maximum absolute atomic E-state index is 5.54. The maximum atomic E-state index is 5.54. The zero-order valence-electron chi connectivity index (χ0n) is 18.2. The smallest absolute Gasteiger partial charge is 0.229 e. The highest BCUT2D eigenvalue weighted by Crippen LogP contribution is 2.12. The molecule has 0 atom stereocenters. The molecule has 1 aromatic heterocycles. The standard InChI is InChI=1S/C23H31N7O2/c24-11-13-31-15-16-32-14-12-25-21-28-22(26-17-19-7-3-1-4-8-19)30-23(29-21)27-18-20-9-5-2-6-10-20/h1-10H,11-18,24H2,(H3,25,26,27,28,29,30). The number of nitrogens with zero attached hydrogens (tertiary/aromatic N) is 3. The van der Waals surface area contributed by atoms with Crippen LogP contribution in [0.3, 0.4) is 0 Å². The first-order valence-electron chi connectivity index (χ1n) is 10.7. The van der Waals surface area contributed by atoms with Crippen LogP contribution < -0.4 is 21.7 Å². The van der Waals surface area contributed by atoms with E-state index in [1.54, 1.807) is 0 Å². The van der Waals surface area contributed by atoms with Gasteiger partial charge in [-0.1, -0.05) is 60.7 Å². The molecule has 3 rings (SSSR count). The lowest BCUT2D eigenvalue weighted by atomic mass is 10.2. The van der Waals surface area contributed by atoms with Crippen LogP contribution in [0.15, 0.2) is 60.7 Å². The Kier molecular flexibility index (Phi) is 10.2. The van der Waals surface area contributed by atoms with Crippen molar-refractivity contribution in [3.05, 3.63) is 71.8 Å². The molecule has 0 saturated heterocycles. The van der Waals surface area contributed by atoms with Gasteiger partial charge in [0.05, 0.1) is 26.4 Å². The van der Waals surface area contributed by atoms with E-state index in [4.69, 9.17) is 15.2 Å². The molecule has 170 valence electrons. The number of aromatic nitrogens is 3. The predicted molar refractivity (Wildman–Crippen MR) is 127 cm³/mol. The lowest BCUT2D eigenvalue weighted by Gasteiger charge is -2.12. The number of nitrogens with one attached hydrogen (secondary N) is 3. The minimum absolute atomic E-state index is 0.481. The molecule has 5 N–H and O–H groups in total. The van der Waals surface area contributed by atoms with Crippen molar-refractivity contribution in [1.29, 1.82) is 0 Å². The van der Waals surface area contributed by atoms with Gasteiger partial charge in [0.1, 0.15) is 0 Å². The fourth-order valence-electron chi connectivity index (χ4n) is 2.81. The highest BCUT2D eigenvalue weighted by molar-refractivity contribution is 5.43. The average molecular weight is 438 g/mol. The second kappa shape index (κ2) is 13.9. The number of anilines is 3. The van der Waals surface area contributed by atoms with Crippen molar-refractivity contribution in [1.82, 2.24) is 15.0 Å². The summed E-state index contributed by atoms with van der Waals surface area (Å²) in [6, 6.07) is 20.2. The van der Waals surface area contributed by atoms with Crippen molar-refractivity contribution in [3.8, 4) is 0 Å². The molecule has 9 nitrogen and oxygen atoms in total. The molecule has 2 aromatic carbocycles. The summed E-state index contributed by atoms with van der Waals surface area (Å²) in [5, 5.41) is 9.74. The van der Waals surface area contributed by atoms with E-state index in [1.807, 2.05) is 36.4 Å². The molecule has 1 heterocycles. The van der Waals surface area contributed by atoms with E-state index in [-0.39, 0.29) is 0 Å². The van der Waals surface area contributed by atoms with E-state index in [9.17, 15) is 0 Å². The molecule has 0 aliphatic carbocycles. The second-order valence-electron chi connectivity index (χ2n) is 6.92. The molecule has 0 saturated carbocycles. The Morgan fingerprint density at radius 3 is 1.56 bits per heavy atom. The summed E-state index contributed by atoms with van der Waals surface area (Å²) in [5.74, 6) is 1.48. The molecule has 32 heavy (non-hydrogen) atoms. The van der Waals surface area contributed by atoms with Crippen LogP contribution in [-0.4, -0.2) is 54.5 Å². The summed E-state index contributed by atoms with van der Waals surface area (Å²) < 4.78 is 10.8. The van der Waals surface area contributed by atoms with Crippen molar-refractivity contribution in [2.24, 2.45) is 5.73 Å². The first kappa shape index (κ1) is 23.4. The molecular weight excluding hydrogens is 406 g/mol. The molecule has 0 aliphatic rings. The molecular formula is C23H31N7O2. The van der Waals surface area contributed by atoms with Gasteiger partial charge in [-0.2, -0.15) is 15.0 Å². The summed E-state index contributed by atoms with van der Waals surface area (Å²) in [7, 11) is 0. The topological polar surface area (TPSA) is 119 Å². The Labute approximate surface area is 188 Å². The Balaban J connectivity index is 1.55. The molecule has 0 amide bonds. The monoisotopic (exact) mass is 437 g/mol. The predicted octanol–water partition coefficient (Wildman–Crippen LogP) is 2.50. The quantitative estimate of drug-likeness (QED) is 0.266. The fraction of sp³-hybridized carbons (Fsp3) is 0.348. The third-order valence-electron chi connectivity index (χ3n) is 4.39. The first-order valence-corrected chi connectivity index (χ1v) is 10.7. The average Bonchev–Trinajstić information content (AvgIpc) is 2.84. The van der Waals surface area contributed by atoms with Crippen molar-refractivity contribution < 1.29 is 9.47 Å². The summed E-state index contributed by atoms with van der Waals surface area (Å²) in [5.41, 5.74) is 7.67. The Bertz CT molecular complexity index is 836. The van der Waals surface area contributed by atoms with Crippen LogP contribution in [0.2, 0.25) is 0 Å². The number of benzene rings is 2. The fourth-order valence-corrected chi connectivity index (χ4v) is 2.81. The number of rotatable bonds is 15. The first-order chi connectivity index (χ1) is 15.8. The third kappa shape index (κ3) is 8.84. The summed E-state index contributed by atoms with van der Waals surface area (Å²) >= 11 is 0. The normalized spacial score (nSPS) is 10.7. The van der Waals surface area contributed by atoms with Crippen molar-refractivity contribution in [2.45, 2.75) is 13.1 Å². The van der Waals surface area contributed by atoms with Crippen LogP contribution in [0.5, 0.6) is 0 Å². The summed E-state index contributed by atoms with van der Waals surface area (Å²) in [4.78, 5) is 13.5. The zero-order valence-corrected chi connectivity index (χ0v) is 18.2. The molecule has 9 heteroatoms. The van der Waals surface area contributed by atoms with Gasteiger partial charge >= 0.3 is 0 Å². The zero-order chi connectivity index (χ0) is 22.3. The van der Waals surface area contributed by atoms with Crippen molar-refractivity contribution in [2.75, 3.05) is 55.5 Å². The van der Waals surface area contributed by atoms with Crippen LogP contribution in [0.25, 0.3) is 0 Å². The largest absolute Gasteiger partial charge is 0.378 e. The van der Waals surface area contributed by atoms with Crippen LogP contribution in [0, 0.1) is 0 Å².